The molecule has 0 radical (unpaired) electrons. The molecule has 1 aliphatic heterocycles. The van der Waals surface area contributed by atoms with Crippen LogP contribution < -0.4 is 15.6 Å². The van der Waals surface area contributed by atoms with Crippen LogP contribution in [0.2, 0.25) is 0 Å². The summed E-state index contributed by atoms with van der Waals surface area (Å²) < 4.78 is 15.1. The van der Waals surface area contributed by atoms with Gasteiger partial charge in [-0.25, -0.2) is 9.18 Å². The van der Waals surface area contributed by atoms with Crippen molar-refractivity contribution in [3.8, 4) is 0 Å². The number of H-pyrrole nitrogens is 1. The average molecular weight is 357 g/mol. The first-order chi connectivity index (χ1) is 12.5. The summed E-state index contributed by atoms with van der Waals surface area (Å²) in [6.45, 7) is 6.99. The zero-order valence-electron chi connectivity index (χ0n) is 14.3. The first-order valence-electron chi connectivity index (χ1n) is 8.75. The Hall–Kier alpha value is -2.67. The maximum atomic E-state index is 15.1. The molecule has 0 atom stereocenters. The van der Waals surface area contributed by atoms with Crippen LogP contribution in [0.25, 0.3) is 16.5 Å². The molecule has 1 aromatic heterocycles. The lowest BCUT2D eigenvalue weighted by Gasteiger charge is -2.32. The Kier molecular flexibility index (Phi) is 4.03. The number of rotatable bonds is 4. The minimum Gasteiger partial charge on any atom is -0.477 e. The molecule has 1 aromatic carbocycles. The van der Waals surface area contributed by atoms with E-state index in [1.807, 2.05) is 4.90 Å². The van der Waals surface area contributed by atoms with E-state index in [2.05, 4.69) is 16.9 Å². The predicted molar refractivity (Wildman–Crippen MR) is 98.3 cm³/mol. The zero-order chi connectivity index (χ0) is 18.4. The Morgan fingerprint density at radius 2 is 2.00 bits per heavy atom. The molecule has 2 heterocycles. The molecular formula is C19H20FN3O3. The van der Waals surface area contributed by atoms with E-state index in [4.69, 9.17) is 0 Å². The highest BCUT2D eigenvalue weighted by molar-refractivity contribution is 6.00. The minimum atomic E-state index is -1.33. The molecule has 3 N–H and O–H groups in total. The normalized spacial score (nSPS) is 17.5. The molecule has 136 valence electrons. The number of allylic oxidation sites excluding steroid dienone is 1. The van der Waals surface area contributed by atoms with Crippen molar-refractivity contribution >= 4 is 28.1 Å². The van der Waals surface area contributed by atoms with Crippen LogP contribution in [-0.4, -0.2) is 42.2 Å². The largest absolute Gasteiger partial charge is 0.477 e. The lowest BCUT2D eigenvalue weighted by Crippen LogP contribution is -2.44. The summed E-state index contributed by atoms with van der Waals surface area (Å²) in [4.78, 5) is 28.7. The third kappa shape index (κ3) is 2.68. The molecule has 4 rings (SSSR count). The Morgan fingerprint density at radius 3 is 2.62 bits per heavy atom. The van der Waals surface area contributed by atoms with E-state index in [0.717, 1.165) is 37.6 Å². The van der Waals surface area contributed by atoms with Crippen molar-refractivity contribution in [3.63, 3.8) is 0 Å². The smallest absolute Gasteiger partial charge is 0.341 e. The van der Waals surface area contributed by atoms with E-state index in [9.17, 15) is 14.7 Å². The topological polar surface area (TPSA) is 85.4 Å². The molecule has 0 spiro atoms. The Labute approximate surface area is 149 Å². The summed E-state index contributed by atoms with van der Waals surface area (Å²) in [6, 6.07) is 1.15. The third-order valence-electron chi connectivity index (χ3n) is 5.16. The number of anilines is 1. The first kappa shape index (κ1) is 16.8. The molecule has 0 bridgehead atoms. The molecule has 2 aliphatic rings. The van der Waals surface area contributed by atoms with E-state index >= 15 is 4.39 Å². The monoisotopic (exact) mass is 357 g/mol. The second-order valence-corrected chi connectivity index (χ2v) is 6.88. The number of pyridine rings is 1. The van der Waals surface area contributed by atoms with Crippen LogP contribution in [0.15, 0.2) is 23.6 Å². The summed E-state index contributed by atoms with van der Waals surface area (Å²) in [5.74, 6) is -1.56. The molecular weight excluding hydrogens is 337 g/mol. The van der Waals surface area contributed by atoms with Gasteiger partial charge < -0.3 is 20.3 Å². The number of halogens is 1. The fourth-order valence-corrected chi connectivity index (χ4v) is 3.63. The Bertz CT molecular complexity index is 972. The Balaban J connectivity index is 2.01. The lowest BCUT2D eigenvalue weighted by atomic mass is 9.95. The fourth-order valence-electron chi connectivity index (χ4n) is 3.63. The molecule has 26 heavy (non-hydrogen) atoms. The van der Waals surface area contributed by atoms with Crippen molar-refractivity contribution in [2.45, 2.75) is 12.8 Å². The number of carbonyl (C=O) groups is 1. The van der Waals surface area contributed by atoms with E-state index in [1.54, 1.807) is 0 Å². The molecule has 6 nitrogen and oxygen atoms in total. The highest BCUT2D eigenvalue weighted by atomic mass is 19.1. The highest BCUT2D eigenvalue weighted by Gasteiger charge is 2.32. The van der Waals surface area contributed by atoms with Gasteiger partial charge in [0.05, 0.1) is 16.6 Å². The van der Waals surface area contributed by atoms with Gasteiger partial charge in [0.2, 0.25) is 5.43 Å². The van der Waals surface area contributed by atoms with Crippen molar-refractivity contribution in [2.75, 3.05) is 31.1 Å². The van der Waals surface area contributed by atoms with Crippen molar-refractivity contribution in [3.05, 3.63) is 46.0 Å². The predicted octanol–water partition coefficient (Wildman–Crippen LogP) is 2.20. The van der Waals surface area contributed by atoms with Crippen molar-refractivity contribution in [1.82, 2.24) is 10.3 Å². The fraction of sp³-hybridized carbons (Fsp3) is 0.368. The van der Waals surface area contributed by atoms with Crippen LogP contribution in [-0.2, 0) is 0 Å². The number of nitrogens with one attached hydrogen (secondary N) is 2. The molecule has 2 fully saturated rings. The van der Waals surface area contributed by atoms with Crippen molar-refractivity contribution < 1.29 is 14.3 Å². The number of hydrogen-bond donors (Lipinski definition) is 3. The molecule has 7 heteroatoms. The number of nitrogens with zero attached hydrogens (tertiary/aromatic N) is 1. The first-order valence-corrected chi connectivity index (χ1v) is 8.75. The van der Waals surface area contributed by atoms with E-state index in [0.29, 0.717) is 29.9 Å². The zero-order valence-corrected chi connectivity index (χ0v) is 14.3. The number of piperazine rings is 1. The van der Waals surface area contributed by atoms with Crippen molar-refractivity contribution in [1.29, 1.82) is 0 Å². The lowest BCUT2D eigenvalue weighted by molar-refractivity contribution is 0.0695. The van der Waals surface area contributed by atoms with E-state index < -0.39 is 22.8 Å². The van der Waals surface area contributed by atoms with Gasteiger partial charge in [0.1, 0.15) is 11.4 Å². The number of benzene rings is 1. The van der Waals surface area contributed by atoms with Gasteiger partial charge in [0, 0.05) is 37.9 Å². The van der Waals surface area contributed by atoms with Gasteiger partial charge in [-0.1, -0.05) is 6.58 Å². The van der Waals surface area contributed by atoms with Crippen LogP contribution in [0.1, 0.15) is 28.8 Å². The summed E-state index contributed by atoms with van der Waals surface area (Å²) in [5.41, 5.74) is 1.26. The number of aromatic nitrogens is 1. The van der Waals surface area contributed by atoms with E-state index in [-0.39, 0.29) is 11.3 Å². The molecule has 1 saturated carbocycles. The number of aromatic amines is 1. The highest BCUT2D eigenvalue weighted by Crippen LogP contribution is 2.46. The average Bonchev–Trinajstić information content (AvgIpc) is 3.46. The van der Waals surface area contributed by atoms with Gasteiger partial charge in [-0.15, -0.1) is 0 Å². The maximum Gasteiger partial charge on any atom is 0.341 e. The number of carboxylic acids is 1. The Morgan fingerprint density at radius 1 is 1.31 bits per heavy atom. The maximum absolute atomic E-state index is 15.1. The molecule has 0 unspecified atom stereocenters. The van der Waals surface area contributed by atoms with Crippen LogP contribution in [0.3, 0.4) is 0 Å². The van der Waals surface area contributed by atoms with Gasteiger partial charge in [0.25, 0.3) is 0 Å². The summed E-state index contributed by atoms with van der Waals surface area (Å²) in [5, 5.41) is 12.5. The quantitative estimate of drug-likeness (QED) is 0.781. The summed E-state index contributed by atoms with van der Waals surface area (Å²) in [6.07, 6.45) is 3.18. The number of aromatic carboxylic acids is 1. The summed E-state index contributed by atoms with van der Waals surface area (Å²) >= 11 is 0. The SMILES string of the molecule is C=C(c1c(N2CCNCC2)c(F)cc2c(=O)c(C(=O)O)c[nH]c12)C1CC1. The second-order valence-electron chi connectivity index (χ2n) is 6.88. The van der Waals surface area contributed by atoms with E-state index in [1.165, 1.54) is 6.20 Å². The standard InChI is InChI=1S/C19H20FN3O3/c1-10(11-2-3-11)15-16-12(18(24)13(9-22-16)19(25)26)8-14(20)17(15)23-6-4-21-5-7-23/h8-9,11,21H,1-7H2,(H,22,24)(H,25,26). The van der Waals surface area contributed by atoms with Gasteiger partial charge in [-0.2, -0.15) is 0 Å². The third-order valence-corrected chi connectivity index (χ3v) is 5.16. The van der Waals surface area contributed by atoms with Gasteiger partial charge >= 0.3 is 5.97 Å². The number of carboxylic acid groups (broad SMARTS) is 1. The molecule has 2 aromatic rings. The van der Waals surface area contributed by atoms with Crippen LogP contribution in [0.5, 0.6) is 0 Å². The van der Waals surface area contributed by atoms with Crippen molar-refractivity contribution in [2.24, 2.45) is 5.92 Å². The molecule has 1 aliphatic carbocycles. The number of hydrogen-bond acceptors (Lipinski definition) is 4. The van der Waals surface area contributed by atoms with Gasteiger partial charge in [-0.05, 0) is 30.4 Å². The van der Waals surface area contributed by atoms with Crippen LogP contribution in [0, 0.1) is 11.7 Å². The molecule has 1 saturated heterocycles. The number of fused-ring (bicyclic) bond motifs is 1. The second kappa shape index (κ2) is 6.25. The summed E-state index contributed by atoms with van der Waals surface area (Å²) in [7, 11) is 0. The molecule has 0 amide bonds. The minimum absolute atomic E-state index is 0.0538. The van der Waals surface area contributed by atoms with Gasteiger partial charge in [-0.3, -0.25) is 4.79 Å². The van der Waals surface area contributed by atoms with Crippen LogP contribution >= 0.6 is 0 Å². The van der Waals surface area contributed by atoms with Crippen LogP contribution in [0.4, 0.5) is 10.1 Å². The van der Waals surface area contributed by atoms with Gasteiger partial charge in [0.15, 0.2) is 0 Å².